The normalized spacial score (nSPS) is 11.9. The molecule has 0 radical (unpaired) electrons. The molecule has 0 rings (SSSR count). The molecule has 0 aromatic heterocycles. The lowest BCUT2D eigenvalue weighted by Gasteiger charge is -2.05. The van der Waals surface area contributed by atoms with Crippen molar-refractivity contribution in [2.24, 2.45) is 0 Å². The Balaban J connectivity index is 3.01. The van der Waals surface area contributed by atoms with Gasteiger partial charge in [0.2, 0.25) is 0 Å². The van der Waals surface area contributed by atoms with E-state index in [0.29, 0.717) is 5.75 Å². The van der Waals surface area contributed by atoms with Crippen LogP contribution in [0.2, 0.25) is 0 Å². The smallest absolute Gasteiger partial charge is 0.303 e. The summed E-state index contributed by atoms with van der Waals surface area (Å²) in [4.78, 5) is 16.9. The second-order valence-corrected chi connectivity index (χ2v) is 6.88. The zero-order chi connectivity index (χ0) is 13.7. The molecule has 0 heterocycles. The van der Waals surface area contributed by atoms with E-state index in [9.17, 15) is 4.57 Å². The molecule has 0 aromatic carbocycles. The second-order valence-electron chi connectivity index (χ2n) is 4.41. The van der Waals surface area contributed by atoms with Gasteiger partial charge in [-0.05, 0) is 12.2 Å². The maximum absolute atomic E-state index is 10.4. The number of phosphoric acid groups is 1. The summed E-state index contributed by atoms with van der Waals surface area (Å²) in [5, 5.41) is 0. The van der Waals surface area contributed by atoms with Gasteiger partial charge in [-0.2, -0.15) is 11.8 Å². The molecule has 0 bridgehead atoms. The highest BCUT2D eigenvalue weighted by molar-refractivity contribution is 7.99. The molecule has 0 atom stereocenters. The maximum Gasteiger partial charge on any atom is 0.469 e. The SMILES string of the molecule is CCCCCCCCCCSCCOP(=O)(O)O. The van der Waals surface area contributed by atoms with Gasteiger partial charge < -0.3 is 9.79 Å². The first-order chi connectivity index (χ1) is 8.56. The Morgan fingerprint density at radius 3 is 2.06 bits per heavy atom. The monoisotopic (exact) mass is 298 g/mol. The standard InChI is InChI=1S/C12H27O4PS/c1-2-3-4-5-6-7-8-9-11-18-12-10-16-17(13,14)15/h2-12H2,1H3,(H2,13,14,15). The van der Waals surface area contributed by atoms with Crippen LogP contribution in [0.15, 0.2) is 0 Å². The first kappa shape index (κ1) is 18.5. The van der Waals surface area contributed by atoms with E-state index in [4.69, 9.17) is 9.79 Å². The summed E-state index contributed by atoms with van der Waals surface area (Å²) < 4.78 is 14.7. The van der Waals surface area contributed by atoms with Crippen molar-refractivity contribution >= 4 is 19.6 Å². The van der Waals surface area contributed by atoms with Crippen molar-refractivity contribution in [2.45, 2.75) is 58.3 Å². The summed E-state index contributed by atoms with van der Waals surface area (Å²) >= 11 is 1.70. The third-order valence-corrected chi connectivity index (χ3v) is 4.18. The fourth-order valence-electron chi connectivity index (χ4n) is 1.66. The van der Waals surface area contributed by atoms with Gasteiger partial charge in [0.1, 0.15) is 0 Å². The van der Waals surface area contributed by atoms with Gasteiger partial charge in [0, 0.05) is 5.75 Å². The van der Waals surface area contributed by atoms with Crippen LogP contribution >= 0.6 is 19.6 Å². The molecule has 4 nitrogen and oxygen atoms in total. The van der Waals surface area contributed by atoms with Crippen LogP contribution in [0.1, 0.15) is 58.3 Å². The molecular weight excluding hydrogens is 271 g/mol. The lowest BCUT2D eigenvalue weighted by Crippen LogP contribution is -1.95. The van der Waals surface area contributed by atoms with Crippen LogP contribution < -0.4 is 0 Å². The molecule has 0 aliphatic rings. The minimum atomic E-state index is -4.26. The molecule has 0 aromatic rings. The fourth-order valence-corrected chi connectivity index (χ4v) is 2.92. The second kappa shape index (κ2) is 12.5. The third kappa shape index (κ3) is 16.5. The molecule has 2 N–H and O–H groups in total. The van der Waals surface area contributed by atoms with Gasteiger partial charge in [0.25, 0.3) is 0 Å². The van der Waals surface area contributed by atoms with E-state index in [1.165, 1.54) is 51.4 Å². The first-order valence-electron chi connectivity index (χ1n) is 6.84. The van der Waals surface area contributed by atoms with Crippen LogP contribution in [0.4, 0.5) is 0 Å². The van der Waals surface area contributed by atoms with Crippen LogP contribution in [-0.2, 0) is 9.09 Å². The number of phosphoric ester groups is 1. The van der Waals surface area contributed by atoms with Crippen LogP contribution in [0, 0.1) is 0 Å². The molecule has 0 fully saturated rings. The van der Waals surface area contributed by atoms with Gasteiger partial charge in [0.15, 0.2) is 0 Å². The van der Waals surface area contributed by atoms with Crippen molar-refractivity contribution in [1.82, 2.24) is 0 Å². The largest absolute Gasteiger partial charge is 0.469 e. The molecule has 0 amide bonds. The number of rotatable bonds is 13. The Morgan fingerprint density at radius 2 is 1.50 bits per heavy atom. The molecule has 0 aliphatic carbocycles. The van der Waals surface area contributed by atoms with Crippen LogP contribution in [0.3, 0.4) is 0 Å². The zero-order valence-corrected chi connectivity index (χ0v) is 13.1. The minimum Gasteiger partial charge on any atom is -0.303 e. The number of unbranched alkanes of at least 4 members (excludes halogenated alkanes) is 7. The van der Waals surface area contributed by atoms with E-state index in [-0.39, 0.29) is 6.61 Å². The molecular formula is C12H27O4PS. The lowest BCUT2D eigenvalue weighted by molar-refractivity contribution is 0.208. The lowest BCUT2D eigenvalue weighted by atomic mass is 10.1. The minimum absolute atomic E-state index is 0.131. The predicted molar refractivity (Wildman–Crippen MR) is 77.9 cm³/mol. The number of hydrogen-bond acceptors (Lipinski definition) is 3. The van der Waals surface area contributed by atoms with Crippen LogP contribution in [0.5, 0.6) is 0 Å². The summed E-state index contributed by atoms with van der Waals surface area (Å²) in [5.74, 6) is 1.71. The van der Waals surface area contributed by atoms with Crippen molar-refractivity contribution in [2.75, 3.05) is 18.1 Å². The molecule has 0 aliphatic heterocycles. The Hall–Kier alpha value is 0.460. The zero-order valence-electron chi connectivity index (χ0n) is 11.3. The van der Waals surface area contributed by atoms with Gasteiger partial charge in [-0.15, -0.1) is 0 Å². The highest BCUT2D eigenvalue weighted by Gasteiger charge is 2.12. The van der Waals surface area contributed by atoms with Gasteiger partial charge in [0.05, 0.1) is 6.61 Å². The van der Waals surface area contributed by atoms with E-state index in [2.05, 4.69) is 11.4 Å². The van der Waals surface area contributed by atoms with Crippen LogP contribution in [-0.4, -0.2) is 27.9 Å². The van der Waals surface area contributed by atoms with Crippen molar-refractivity contribution in [3.05, 3.63) is 0 Å². The van der Waals surface area contributed by atoms with Crippen LogP contribution in [0.25, 0.3) is 0 Å². The summed E-state index contributed by atoms with van der Waals surface area (Å²) in [7, 11) is -4.26. The predicted octanol–water partition coefficient (Wildman–Crippen LogP) is 3.97. The van der Waals surface area contributed by atoms with Gasteiger partial charge in [-0.1, -0.05) is 51.9 Å². The summed E-state index contributed by atoms with van der Waals surface area (Å²) in [6.07, 6.45) is 10.5. The molecule has 0 spiro atoms. The van der Waals surface area contributed by atoms with E-state index in [0.717, 1.165) is 5.75 Å². The number of thioether (sulfide) groups is 1. The molecule has 18 heavy (non-hydrogen) atoms. The Morgan fingerprint density at radius 1 is 0.944 bits per heavy atom. The van der Waals surface area contributed by atoms with Crippen molar-refractivity contribution in [3.63, 3.8) is 0 Å². The molecule has 0 saturated heterocycles. The van der Waals surface area contributed by atoms with Crippen molar-refractivity contribution < 1.29 is 18.9 Å². The number of hydrogen-bond donors (Lipinski definition) is 2. The summed E-state index contributed by atoms with van der Waals surface area (Å²) in [6, 6.07) is 0. The fraction of sp³-hybridized carbons (Fsp3) is 1.00. The summed E-state index contributed by atoms with van der Waals surface area (Å²) in [6.45, 7) is 2.36. The maximum atomic E-state index is 10.4. The molecule has 0 unspecified atom stereocenters. The Bertz CT molecular complexity index is 220. The average Bonchev–Trinajstić information content (AvgIpc) is 2.29. The Labute approximate surface area is 115 Å². The van der Waals surface area contributed by atoms with E-state index in [1.54, 1.807) is 11.8 Å². The quantitative estimate of drug-likeness (QED) is 0.398. The van der Waals surface area contributed by atoms with Crippen molar-refractivity contribution in [3.8, 4) is 0 Å². The molecule has 6 heteroatoms. The van der Waals surface area contributed by atoms with E-state index >= 15 is 0 Å². The highest BCUT2D eigenvalue weighted by Crippen LogP contribution is 2.35. The average molecular weight is 298 g/mol. The molecule has 0 saturated carbocycles. The Kier molecular flexibility index (Phi) is 12.8. The van der Waals surface area contributed by atoms with E-state index in [1.807, 2.05) is 0 Å². The molecule has 110 valence electrons. The van der Waals surface area contributed by atoms with E-state index < -0.39 is 7.82 Å². The van der Waals surface area contributed by atoms with Gasteiger partial charge >= 0.3 is 7.82 Å². The topological polar surface area (TPSA) is 66.8 Å². The van der Waals surface area contributed by atoms with Gasteiger partial charge in [-0.25, -0.2) is 4.57 Å². The highest BCUT2D eigenvalue weighted by atomic mass is 32.2. The summed E-state index contributed by atoms with van der Waals surface area (Å²) in [5.41, 5.74) is 0. The first-order valence-corrected chi connectivity index (χ1v) is 9.52. The van der Waals surface area contributed by atoms with Gasteiger partial charge in [-0.3, -0.25) is 4.52 Å². The van der Waals surface area contributed by atoms with Crippen molar-refractivity contribution in [1.29, 1.82) is 0 Å². The third-order valence-electron chi connectivity index (χ3n) is 2.63.